The number of hydrogen-bond donors (Lipinski definition) is 1. The van der Waals surface area contributed by atoms with Crippen molar-refractivity contribution in [3.8, 4) is 11.4 Å². The molecule has 1 atom stereocenters. The summed E-state index contributed by atoms with van der Waals surface area (Å²) >= 11 is 1.30. The molecule has 0 bridgehead atoms. The Hall–Kier alpha value is -3.06. The van der Waals surface area contributed by atoms with Gasteiger partial charge >= 0.3 is 0 Å². The number of methoxy groups -OCH3 is 1. The van der Waals surface area contributed by atoms with Crippen LogP contribution in [0.5, 0.6) is 5.75 Å². The minimum atomic E-state index is -0.393. The number of carbonyl (C=O) groups excluding carboxylic acids is 1. The van der Waals surface area contributed by atoms with Crippen LogP contribution in [0, 0.1) is 13.8 Å². The second-order valence-corrected chi connectivity index (χ2v) is 8.03. The Labute approximate surface area is 173 Å². The van der Waals surface area contributed by atoms with Crippen molar-refractivity contribution < 1.29 is 9.53 Å². The highest BCUT2D eigenvalue weighted by molar-refractivity contribution is 8.00. The monoisotopic (exact) mass is 409 g/mol. The molecule has 1 heterocycles. The Morgan fingerprint density at radius 2 is 1.79 bits per heavy atom. The lowest BCUT2D eigenvalue weighted by atomic mass is 10.1. The van der Waals surface area contributed by atoms with Crippen molar-refractivity contribution in [1.29, 1.82) is 0 Å². The molecule has 0 saturated carbocycles. The van der Waals surface area contributed by atoms with Gasteiger partial charge in [-0.3, -0.25) is 9.59 Å². The molecule has 0 aliphatic heterocycles. The third-order valence-electron chi connectivity index (χ3n) is 4.54. The predicted molar refractivity (Wildman–Crippen MR) is 116 cm³/mol. The maximum Gasteiger partial charge on any atom is 0.271 e. The first kappa shape index (κ1) is 20.7. The number of aromatic nitrogens is 2. The van der Waals surface area contributed by atoms with Gasteiger partial charge in [-0.1, -0.05) is 17.8 Å². The first-order chi connectivity index (χ1) is 13.9. The Kier molecular flexibility index (Phi) is 6.39. The number of nitrogens with one attached hydrogen (secondary N) is 1. The molecule has 0 radical (unpaired) electrons. The Balaban J connectivity index is 1.74. The van der Waals surface area contributed by atoms with Gasteiger partial charge in [-0.05, 0) is 74.4 Å². The summed E-state index contributed by atoms with van der Waals surface area (Å²) in [6, 6.07) is 16.0. The van der Waals surface area contributed by atoms with Gasteiger partial charge in [-0.2, -0.15) is 9.78 Å². The molecular weight excluding hydrogens is 386 g/mol. The minimum absolute atomic E-state index is 0.147. The fourth-order valence-electron chi connectivity index (χ4n) is 2.65. The normalized spacial score (nSPS) is 11.7. The van der Waals surface area contributed by atoms with Crippen molar-refractivity contribution in [3.63, 3.8) is 0 Å². The molecule has 3 aromatic rings. The van der Waals surface area contributed by atoms with Gasteiger partial charge in [-0.15, -0.1) is 0 Å². The molecule has 3 rings (SSSR count). The Morgan fingerprint density at radius 1 is 1.07 bits per heavy atom. The molecule has 2 aromatic carbocycles. The van der Waals surface area contributed by atoms with Crippen LogP contribution in [0.4, 0.5) is 5.69 Å². The van der Waals surface area contributed by atoms with E-state index in [1.165, 1.54) is 22.5 Å². The maximum absolute atomic E-state index is 12.5. The number of nitrogens with zero attached hydrogens (tertiary/aromatic N) is 2. The van der Waals surface area contributed by atoms with Crippen LogP contribution < -0.4 is 15.6 Å². The van der Waals surface area contributed by atoms with Crippen LogP contribution in [0.15, 0.2) is 64.4 Å². The Bertz CT molecular complexity index is 1080. The molecule has 1 N–H and O–H groups in total. The van der Waals surface area contributed by atoms with E-state index >= 15 is 0 Å². The van der Waals surface area contributed by atoms with Crippen molar-refractivity contribution in [1.82, 2.24) is 9.78 Å². The number of amides is 1. The van der Waals surface area contributed by atoms with E-state index in [4.69, 9.17) is 4.74 Å². The molecule has 0 aliphatic rings. The summed E-state index contributed by atoms with van der Waals surface area (Å²) < 4.78 is 6.48. The summed E-state index contributed by atoms with van der Waals surface area (Å²) in [5.74, 6) is 0.578. The van der Waals surface area contributed by atoms with Gasteiger partial charge in [0.1, 0.15) is 10.8 Å². The van der Waals surface area contributed by atoms with E-state index < -0.39 is 5.25 Å². The smallest absolute Gasteiger partial charge is 0.271 e. The van der Waals surface area contributed by atoms with Crippen molar-refractivity contribution >= 4 is 23.4 Å². The van der Waals surface area contributed by atoms with Gasteiger partial charge in [0, 0.05) is 11.8 Å². The van der Waals surface area contributed by atoms with Crippen LogP contribution in [0.2, 0.25) is 0 Å². The summed E-state index contributed by atoms with van der Waals surface area (Å²) in [5.41, 5.74) is 3.41. The van der Waals surface area contributed by atoms with Crippen LogP contribution >= 0.6 is 11.8 Å². The number of ether oxygens (including phenoxy) is 1. The van der Waals surface area contributed by atoms with Crippen LogP contribution in [0.3, 0.4) is 0 Å². The van der Waals surface area contributed by atoms with Crippen LogP contribution in [0.25, 0.3) is 5.69 Å². The summed E-state index contributed by atoms with van der Waals surface area (Å²) in [5, 5.41) is 7.51. The summed E-state index contributed by atoms with van der Waals surface area (Å²) in [6.45, 7) is 5.81. The molecule has 29 heavy (non-hydrogen) atoms. The van der Waals surface area contributed by atoms with Gasteiger partial charge in [0.15, 0.2) is 0 Å². The standard InChI is InChI=1S/C22H23N3O3S/c1-14-5-8-18(13-15(14)2)25-21(26)12-11-20(24-25)29-16(3)22(27)23-17-6-9-19(28-4)10-7-17/h5-13,16H,1-4H3,(H,23,27). The lowest BCUT2D eigenvalue weighted by molar-refractivity contribution is -0.115. The number of anilines is 1. The second-order valence-electron chi connectivity index (χ2n) is 6.67. The topological polar surface area (TPSA) is 73.2 Å². The zero-order valence-electron chi connectivity index (χ0n) is 16.8. The molecule has 0 aliphatic carbocycles. The lowest BCUT2D eigenvalue weighted by Crippen LogP contribution is -2.24. The lowest BCUT2D eigenvalue weighted by Gasteiger charge is -2.13. The van der Waals surface area contributed by atoms with Gasteiger partial charge in [0.05, 0.1) is 18.0 Å². The molecule has 150 valence electrons. The highest BCUT2D eigenvalue weighted by atomic mass is 32.2. The number of carbonyl (C=O) groups is 1. The SMILES string of the molecule is COc1ccc(NC(=O)C(C)Sc2ccc(=O)n(-c3ccc(C)c(C)c3)n2)cc1. The average Bonchev–Trinajstić information content (AvgIpc) is 2.72. The van der Waals surface area contributed by atoms with Crippen molar-refractivity contribution in [2.75, 3.05) is 12.4 Å². The highest BCUT2D eigenvalue weighted by Crippen LogP contribution is 2.23. The van der Waals surface area contributed by atoms with Gasteiger partial charge in [0.2, 0.25) is 5.91 Å². The quantitative estimate of drug-likeness (QED) is 0.624. The average molecular weight is 410 g/mol. The molecule has 0 saturated heterocycles. The van der Waals surface area contributed by atoms with Crippen molar-refractivity contribution in [2.45, 2.75) is 31.0 Å². The molecule has 6 nitrogen and oxygen atoms in total. The molecule has 0 fully saturated rings. The van der Waals surface area contributed by atoms with Gasteiger partial charge in [-0.25, -0.2) is 0 Å². The number of benzene rings is 2. The molecule has 0 spiro atoms. The van der Waals surface area contributed by atoms with Crippen LogP contribution in [0.1, 0.15) is 18.1 Å². The third-order valence-corrected chi connectivity index (χ3v) is 5.56. The number of aryl methyl sites for hydroxylation is 2. The summed E-state index contributed by atoms with van der Waals surface area (Å²) in [6.07, 6.45) is 0. The largest absolute Gasteiger partial charge is 0.497 e. The molecule has 1 amide bonds. The summed E-state index contributed by atoms with van der Waals surface area (Å²) in [4.78, 5) is 24.8. The zero-order valence-corrected chi connectivity index (χ0v) is 17.6. The zero-order chi connectivity index (χ0) is 21.0. The fourth-order valence-corrected chi connectivity index (χ4v) is 3.46. The van der Waals surface area contributed by atoms with Gasteiger partial charge < -0.3 is 10.1 Å². The van der Waals surface area contributed by atoms with Crippen molar-refractivity contribution in [2.24, 2.45) is 0 Å². The van der Waals surface area contributed by atoms with E-state index in [-0.39, 0.29) is 11.5 Å². The molecule has 1 unspecified atom stereocenters. The van der Waals surface area contributed by atoms with E-state index in [1.54, 1.807) is 44.4 Å². The Morgan fingerprint density at radius 3 is 2.45 bits per heavy atom. The minimum Gasteiger partial charge on any atom is -0.497 e. The predicted octanol–water partition coefficient (Wildman–Crippen LogP) is 3.98. The fraction of sp³-hybridized carbons (Fsp3) is 0.227. The van der Waals surface area contributed by atoms with Crippen LogP contribution in [-0.4, -0.2) is 28.0 Å². The van der Waals surface area contributed by atoms with E-state index in [0.717, 1.165) is 16.9 Å². The van der Waals surface area contributed by atoms with Crippen molar-refractivity contribution in [3.05, 3.63) is 76.1 Å². The molecule has 1 aromatic heterocycles. The van der Waals surface area contributed by atoms with Crippen LogP contribution in [-0.2, 0) is 4.79 Å². The first-order valence-corrected chi connectivity index (χ1v) is 10.0. The molecule has 7 heteroatoms. The maximum atomic E-state index is 12.5. The first-order valence-electron chi connectivity index (χ1n) is 9.17. The number of rotatable bonds is 6. The van der Waals surface area contributed by atoms with E-state index in [9.17, 15) is 9.59 Å². The van der Waals surface area contributed by atoms with Gasteiger partial charge in [0.25, 0.3) is 5.56 Å². The highest BCUT2D eigenvalue weighted by Gasteiger charge is 2.16. The number of thioether (sulfide) groups is 1. The van der Waals surface area contributed by atoms with E-state index in [2.05, 4.69) is 10.4 Å². The molecular formula is C22H23N3O3S. The second kappa shape index (κ2) is 8.96. The third kappa shape index (κ3) is 5.06. The van der Waals surface area contributed by atoms with E-state index in [1.807, 2.05) is 32.0 Å². The van der Waals surface area contributed by atoms with E-state index in [0.29, 0.717) is 16.4 Å². The summed E-state index contributed by atoms with van der Waals surface area (Å²) in [7, 11) is 1.59. The number of hydrogen-bond acceptors (Lipinski definition) is 5.